The van der Waals surface area contributed by atoms with Gasteiger partial charge in [0.2, 0.25) is 0 Å². The Morgan fingerprint density at radius 3 is 3.00 bits per heavy atom. The predicted molar refractivity (Wildman–Crippen MR) is 51.2 cm³/mol. The fourth-order valence-corrected chi connectivity index (χ4v) is 1.70. The Bertz CT molecular complexity index is 215. The van der Waals surface area contributed by atoms with Crippen LogP contribution in [0.1, 0.15) is 32.6 Å². The van der Waals surface area contributed by atoms with Crippen LogP contribution in [-0.4, -0.2) is 18.5 Å². The zero-order chi connectivity index (χ0) is 9.68. The lowest BCUT2D eigenvalue weighted by Crippen LogP contribution is -2.21. The van der Waals surface area contributed by atoms with E-state index in [-0.39, 0.29) is 12.0 Å². The maximum absolute atomic E-state index is 11.6. The van der Waals surface area contributed by atoms with Crippen LogP contribution in [0.15, 0.2) is 0 Å². The first-order valence-electron chi connectivity index (χ1n) is 4.83. The second-order valence-corrected chi connectivity index (χ2v) is 3.50. The van der Waals surface area contributed by atoms with Gasteiger partial charge in [0.15, 0.2) is 0 Å². The number of unbranched alkanes of at least 4 members (excludes halogenated alkanes) is 1. The van der Waals surface area contributed by atoms with Crippen LogP contribution < -0.4 is 0 Å². The molecule has 2 atom stereocenters. The number of carbonyl (C=O) groups is 1. The van der Waals surface area contributed by atoms with Gasteiger partial charge in [-0.15, -0.1) is 12.3 Å². The molecule has 2 unspecified atom stereocenters. The fraction of sp³-hybridized carbons (Fsp3) is 0.727. The van der Waals surface area contributed by atoms with E-state index < -0.39 is 0 Å². The second-order valence-electron chi connectivity index (χ2n) is 3.50. The van der Waals surface area contributed by atoms with Crippen molar-refractivity contribution in [2.75, 3.05) is 6.61 Å². The molecule has 1 aliphatic rings. The van der Waals surface area contributed by atoms with Crippen LogP contribution in [0.4, 0.5) is 0 Å². The molecule has 0 aliphatic carbocycles. The van der Waals surface area contributed by atoms with Crippen molar-refractivity contribution in [3.8, 4) is 12.3 Å². The van der Waals surface area contributed by atoms with Crippen molar-refractivity contribution < 1.29 is 9.53 Å². The van der Waals surface area contributed by atoms with Gasteiger partial charge in [-0.2, -0.15) is 0 Å². The number of hydrogen-bond acceptors (Lipinski definition) is 2. The summed E-state index contributed by atoms with van der Waals surface area (Å²) in [6.07, 6.45) is 8.24. The van der Waals surface area contributed by atoms with Crippen molar-refractivity contribution in [1.29, 1.82) is 0 Å². The highest BCUT2D eigenvalue weighted by atomic mass is 16.5. The number of ketones is 1. The van der Waals surface area contributed by atoms with Crippen LogP contribution in [0, 0.1) is 18.3 Å². The molecular formula is C11H16O2. The van der Waals surface area contributed by atoms with Gasteiger partial charge in [-0.05, 0) is 19.8 Å². The first kappa shape index (κ1) is 10.3. The maximum Gasteiger partial charge on any atom is 0.138 e. The molecule has 2 heteroatoms. The SMILES string of the molecule is C#CCCCC(=O)C1CCOC1C. The smallest absolute Gasteiger partial charge is 0.138 e. The summed E-state index contributed by atoms with van der Waals surface area (Å²) >= 11 is 0. The third-order valence-corrected chi connectivity index (χ3v) is 2.53. The molecule has 0 aromatic heterocycles. The lowest BCUT2D eigenvalue weighted by atomic mass is 9.94. The van der Waals surface area contributed by atoms with Gasteiger partial charge in [0.05, 0.1) is 6.10 Å². The van der Waals surface area contributed by atoms with E-state index in [4.69, 9.17) is 11.2 Å². The third kappa shape index (κ3) is 2.86. The van der Waals surface area contributed by atoms with Gasteiger partial charge in [0.1, 0.15) is 5.78 Å². The largest absolute Gasteiger partial charge is 0.378 e. The second kappa shape index (κ2) is 5.04. The van der Waals surface area contributed by atoms with Crippen molar-refractivity contribution in [3.05, 3.63) is 0 Å². The molecule has 0 spiro atoms. The van der Waals surface area contributed by atoms with Gasteiger partial charge >= 0.3 is 0 Å². The molecule has 0 saturated carbocycles. The van der Waals surface area contributed by atoms with E-state index in [9.17, 15) is 4.79 Å². The number of hydrogen-bond donors (Lipinski definition) is 0. The molecule has 1 rings (SSSR count). The van der Waals surface area contributed by atoms with E-state index in [1.807, 2.05) is 6.92 Å². The summed E-state index contributed by atoms with van der Waals surface area (Å²) in [6.45, 7) is 2.70. The molecule has 0 radical (unpaired) electrons. The van der Waals surface area contributed by atoms with Crippen LogP contribution in [0.3, 0.4) is 0 Å². The zero-order valence-corrected chi connectivity index (χ0v) is 8.08. The van der Waals surface area contributed by atoms with Crippen LogP contribution in [-0.2, 0) is 9.53 Å². The lowest BCUT2D eigenvalue weighted by Gasteiger charge is -2.11. The van der Waals surface area contributed by atoms with E-state index in [1.54, 1.807) is 0 Å². The first-order chi connectivity index (χ1) is 6.25. The minimum absolute atomic E-state index is 0.110. The number of Topliss-reactive ketones (excluding diaryl/α,β-unsaturated/α-hetero) is 1. The monoisotopic (exact) mass is 180 g/mol. The number of terminal acetylenes is 1. The molecule has 1 aliphatic heterocycles. The topological polar surface area (TPSA) is 26.3 Å². The Morgan fingerprint density at radius 2 is 2.46 bits per heavy atom. The molecule has 1 saturated heterocycles. The van der Waals surface area contributed by atoms with Gasteiger partial charge in [0, 0.05) is 25.4 Å². The third-order valence-electron chi connectivity index (χ3n) is 2.53. The minimum atomic E-state index is 0.110. The van der Waals surface area contributed by atoms with Crippen molar-refractivity contribution in [1.82, 2.24) is 0 Å². The molecule has 1 fully saturated rings. The van der Waals surface area contributed by atoms with Gasteiger partial charge in [-0.1, -0.05) is 0 Å². The zero-order valence-electron chi connectivity index (χ0n) is 8.08. The van der Waals surface area contributed by atoms with Crippen molar-refractivity contribution >= 4 is 5.78 Å². The van der Waals surface area contributed by atoms with E-state index in [0.717, 1.165) is 19.4 Å². The Hall–Kier alpha value is -0.810. The highest BCUT2D eigenvalue weighted by Gasteiger charge is 2.29. The molecule has 13 heavy (non-hydrogen) atoms. The summed E-state index contributed by atoms with van der Waals surface area (Å²) in [4.78, 5) is 11.6. The average Bonchev–Trinajstić information content (AvgIpc) is 2.52. The summed E-state index contributed by atoms with van der Waals surface area (Å²) in [5, 5.41) is 0. The van der Waals surface area contributed by atoms with Crippen molar-refractivity contribution in [3.63, 3.8) is 0 Å². The highest BCUT2D eigenvalue weighted by molar-refractivity contribution is 5.81. The Kier molecular flexibility index (Phi) is 3.98. The standard InChI is InChI=1S/C11H16O2/c1-3-4-5-6-11(12)10-7-8-13-9(10)2/h1,9-10H,4-8H2,2H3. The lowest BCUT2D eigenvalue weighted by molar-refractivity contribution is -0.124. The molecule has 72 valence electrons. The van der Waals surface area contributed by atoms with Crippen molar-refractivity contribution in [2.45, 2.75) is 38.7 Å². The molecule has 0 amide bonds. The molecule has 0 N–H and O–H groups in total. The molecule has 0 aromatic carbocycles. The summed E-state index contributed by atoms with van der Waals surface area (Å²) in [5.41, 5.74) is 0. The quantitative estimate of drug-likeness (QED) is 0.487. The van der Waals surface area contributed by atoms with Crippen LogP contribution in [0.2, 0.25) is 0 Å². The number of ether oxygens (including phenoxy) is 1. The number of carbonyl (C=O) groups excluding carboxylic acids is 1. The fourth-order valence-electron chi connectivity index (χ4n) is 1.70. The summed E-state index contributed by atoms with van der Waals surface area (Å²) in [5.74, 6) is 2.98. The summed E-state index contributed by atoms with van der Waals surface area (Å²) < 4.78 is 5.33. The van der Waals surface area contributed by atoms with Gasteiger partial charge in [0.25, 0.3) is 0 Å². The van der Waals surface area contributed by atoms with Gasteiger partial charge < -0.3 is 4.74 Å². The van der Waals surface area contributed by atoms with Crippen LogP contribution in [0.25, 0.3) is 0 Å². The summed E-state index contributed by atoms with van der Waals surface area (Å²) in [6, 6.07) is 0. The van der Waals surface area contributed by atoms with Crippen LogP contribution in [0.5, 0.6) is 0 Å². The number of rotatable bonds is 4. The molecule has 0 aromatic rings. The highest BCUT2D eigenvalue weighted by Crippen LogP contribution is 2.23. The average molecular weight is 180 g/mol. The van der Waals surface area contributed by atoms with Gasteiger partial charge in [-0.25, -0.2) is 0 Å². The first-order valence-corrected chi connectivity index (χ1v) is 4.83. The minimum Gasteiger partial charge on any atom is -0.378 e. The van der Waals surface area contributed by atoms with Gasteiger partial charge in [-0.3, -0.25) is 4.79 Å². The van der Waals surface area contributed by atoms with E-state index in [1.165, 1.54) is 0 Å². The Balaban J connectivity index is 2.27. The van der Waals surface area contributed by atoms with Crippen molar-refractivity contribution in [2.24, 2.45) is 5.92 Å². The maximum atomic E-state index is 11.6. The molecule has 2 nitrogen and oxygen atoms in total. The Morgan fingerprint density at radius 1 is 1.69 bits per heavy atom. The molecular weight excluding hydrogens is 164 g/mol. The predicted octanol–water partition coefficient (Wildman–Crippen LogP) is 1.78. The normalized spacial score (nSPS) is 27.1. The molecule has 0 bridgehead atoms. The molecule has 1 heterocycles. The van der Waals surface area contributed by atoms with E-state index >= 15 is 0 Å². The summed E-state index contributed by atoms with van der Waals surface area (Å²) in [7, 11) is 0. The Labute approximate surface area is 79.7 Å². The van der Waals surface area contributed by atoms with Crippen LogP contribution >= 0.6 is 0 Å². The van der Waals surface area contributed by atoms with E-state index in [2.05, 4.69) is 5.92 Å². The van der Waals surface area contributed by atoms with E-state index in [0.29, 0.717) is 18.6 Å².